The largest absolute Gasteiger partial charge is 0.493 e. The summed E-state index contributed by atoms with van der Waals surface area (Å²) in [6.07, 6.45) is -0.274. The third kappa shape index (κ3) is 4.56. The van der Waals surface area contributed by atoms with E-state index < -0.39 is 0 Å². The minimum atomic E-state index is -0.274. The minimum absolute atomic E-state index is 0.145. The van der Waals surface area contributed by atoms with E-state index in [-0.39, 0.29) is 11.5 Å². The number of para-hydroxylation sites is 2. The van der Waals surface area contributed by atoms with Gasteiger partial charge < -0.3 is 18.8 Å². The lowest BCUT2D eigenvalue weighted by atomic mass is 9.87. The molecule has 0 saturated carbocycles. The number of rotatable bonds is 6. The second kappa shape index (κ2) is 8.60. The van der Waals surface area contributed by atoms with Gasteiger partial charge in [0.2, 0.25) is 0 Å². The third-order valence-electron chi connectivity index (χ3n) is 4.97. The Morgan fingerprint density at radius 1 is 1.07 bits per heavy atom. The number of hydrogen-bond acceptors (Lipinski definition) is 6. The molecule has 1 unspecified atom stereocenters. The number of benzene rings is 2. The number of ether oxygens (including phenoxy) is 3. The normalized spacial score (nSPS) is 15.8. The van der Waals surface area contributed by atoms with Crippen molar-refractivity contribution < 1.29 is 14.2 Å². The number of fused-ring (bicyclic) bond motifs is 1. The molecule has 0 bridgehead atoms. The zero-order valence-electron chi connectivity index (χ0n) is 17.8. The molecule has 1 aliphatic heterocycles. The van der Waals surface area contributed by atoms with Crippen LogP contribution in [0.25, 0.3) is 0 Å². The molecule has 7 heteroatoms. The molecular weight excluding hydrogens is 398 g/mol. The Balaban J connectivity index is 1.30. The van der Waals surface area contributed by atoms with Gasteiger partial charge in [0, 0.05) is 12.8 Å². The fourth-order valence-electron chi connectivity index (χ4n) is 3.22. The van der Waals surface area contributed by atoms with Crippen LogP contribution >= 0.6 is 11.8 Å². The number of nitrogens with zero attached hydrogens (tertiary/aromatic N) is 3. The van der Waals surface area contributed by atoms with E-state index in [0.717, 1.165) is 34.0 Å². The number of aromatic nitrogens is 3. The SMILES string of the molecule is Cn1c(SCCOc2ccc(C(C)(C)C)cc2)nnc1C1COc2ccccc2O1. The van der Waals surface area contributed by atoms with Gasteiger partial charge in [0.15, 0.2) is 28.6 Å². The maximum atomic E-state index is 6.05. The molecule has 158 valence electrons. The average molecular weight is 426 g/mol. The first-order valence-electron chi connectivity index (χ1n) is 10.1. The monoisotopic (exact) mass is 425 g/mol. The van der Waals surface area contributed by atoms with Crippen molar-refractivity contribution in [1.29, 1.82) is 0 Å². The first-order valence-corrected chi connectivity index (χ1v) is 11.0. The van der Waals surface area contributed by atoms with Crippen LogP contribution in [0.4, 0.5) is 0 Å². The molecule has 1 atom stereocenters. The predicted molar refractivity (Wildman–Crippen MR) is 118 cm³/mol. The number of thioether (sulfide) groups is 1. The van der Waals surface area contributed by atoms with Crippen molar-refractivity contribution in [2.24, 2.45) is 7.05 Å². The van der Waals surface area contributed by atoms with Gasteiger partial charge in [-0.15, -0.1) is 10.2 Å². The second-order valence-corrected chi connectivity index (χ2v) is 9.30. The molecule has 2 heterocycles. The third-order valence-corrected chi connectivity index (χ3v) is 5.95. The van der Waals surface area contributed by atoms with E-state index in [1.807, 2.05) is 48.0 Å². The molecule has 30 heavy (non-hydrogen) atoms. The lowest BCUT2D eigenvalue weighted by Crippen LogP contribution is -2.24. The van der Waals surface area contributed by atoms with Gasteiger partial charge in [-0.05, 0) is 35.2 Å². The number of hydrogen-bond donors (Lipinski definition) is 0. The van der Waals surface area contributed by atoms with Crippen LogP contribution in [0.2, 0.25) is 0 Å². The van der Waals surface area contributed by atoms with Crippen molar-refractivity contribution in [3.05, 3.63) is 59.9 Å². The van der Waals surface area contributed by atoms with Crippen molar-refractivity contribution in [3.8, 4) is 17.2 Å². The fraction of sp³-hybridized carbons (Fsp3) is 0.391. The molecular formula is C23H27N3O3S. The smallest absolute Gasteiger partial charge is 0.192 e. The lowest BCUT2D eigenvalue weighted by Gasteiger charge is -2.25. The topological polar surface area (TPSA) is 58.4 Å². The van der Waals surface area contributed by atoms with Crippen LogP contribution in [-0.4, -0.2) is 33.7 Å². The Morgan fingerprint density at radius 2 is 1.80 bits per heavy atom. The van der Waals surface area contributed by atoms with Crippen LogP contribution in [0, 0.1) is 0 Å². The highest BCUT2D eigenvalue weighted by Gasteiger charge is 2.27. The van der Waals surface area contributed by atoms with E-state index in [1.54, 1.807) is 11.8 Å². The standard InChI is InChI=1S/C23H27N3O3S/c1-23(2,3)16-9-11-17(12-10-16)27-13-14-30-22-25-24-21(26(22)4)20-15-28-18-7-5-6-8-19(18)29-20/h5-12,20H,13-15H2,1-4H3. The molecule has 0 saturated heterocycles. The fourth-order valence-corrected chi connectivity index (χ4v) is 3.96. The van der Waals surface area contributed by atoms with Crippen molar-refractivity contribution >= 4 is 11.8 Å². The molecule has 0 spiro atoms. The molecule has 4 rings (SSSR count). The molecule has 0 fully saturated rings. The zero-order valence-corrected chi connectivity index (χ0v) is 18.6. The van der Waals surface area contributed by atoms with Gasteiger partial charge in [-0.1, -0.05) is 56.8 Å². The second-order valence-electron chi connectivity index (χ2n) is 8.24. The average Bonchev–Trinajstić information content (AvgIpc) is 3.11. The highest BCUT2D eigenvalue weighted by Crippen LogP contribution is 2.35. The van der Waals surface area contributed by atoms with E-state index >= 15 is 0 Å². The molecule has 1 aliphatic rings. The van der Waals surface area contributed by atoms with Crippen LogP contribution in [0.15, 0.2) is 53.7 Å². The Labute approximate surface area is 181 Å². The predicted octanol–water partition coefficient (Wildman–Crippen LogP) is 4.80. The van der Waals surface area contributed by atoms with Crippen LogP contribution < -0.4 is 14.2 Å². The molecule has 6 nitrogen and oxygen atoms in total. The summed E-state index contributed by atoms with van der Waals surface area (Å²) in [6, 6.07) is 16.0. The summed E-state index contributed by atoms with van der Waals surface area (Å²) in [6.45, 7) is 7.63. The molecule has 0 N–H and O–H groups in total. The lowest BCUT2D eigenvalue weighted by molar-refractivity contribution is 0.0825. The van der Waals surface area contributed by atoms with Crippen molar-refractivity contribution in [1.82, 2.24) is 14.8 Å². The summed E-state index contributed by atoms with van der Waals surface area (Å²) in [7, 11) is 1.95. The van der Waals surface area contributed by atoms with Gasteiger partial charge >= 0.3 is 0 Å². The van der Waals surface area contributed by atoms with E-state index in [0.29, 0.717) is 13.2 Å². The van der Waals surface area contributed by atoms with Crippen LogP contribution in [-0.2, 0) is 12.5 Å². The zero-order chi connectivity index (χ0) is 21.1. The van der Waals surface area contributed by atoms with Gasteiger partial charge in [-0.2, -0.15) is 0 Å². The Morgan fingerprint density at radius 3 is 2.53 bits per heavy atom. The van der Waals surface area contributed by atoms with E-state index in [4.69, 9.17) is 14.2 Å². The highest BCUT2D eigenvalue weighted by molar-refractivity contribution is 7.99. The molecule has 0 radical (unpaired) electrons. The molecule has 0 aliphatic carbocycles. The Bertz CT molecular complexity index is 996. The van der Waals surface area contributed by atoms with Crippen LogP contribution in [0.1, 0.15) is 38.3 Å². The van der Waals surface area contributed by atoms with Gasteiger partial charge in [0.25, 0.3) is 0 Å². The van der Waals surface area contributed by atoms with Gasteiger partial charge in [-0.25, -0.2) is 0 Å². The summed E-state index contributed by atoms with van der Waals surface area (Å²) in [5.41, 5.74) is 1.44. The summed E-state index contributed by atoms with van der Waals surface area (Å²) >= 11 is 1.61. The maximum absolute atomic E-state index is 6.05. The Hall–Kier alpha value is -2.67. The quantitative estimate of drug-likeness (QED) is 0.418. The summed E-state index contributed by atoms with van der Waals surface area (Å²) in [5, 5.41) is 9.48. The first-order chi connectivity index (χ1) is 14.4. The first kappa shape index (κ1) is 20.6. The van der Waals surface area contributed by atoms with E-state index in [2.05, 4.69) is 43.1 Å². The van der Waals surface area contributed by atoms with Gasteiger partial charge in [-0.3, -0.25) is 0 Å². The summed E-state index contributed by atoms with van der Waals surface area (Å²) in [5.74, 6) is 3.91. The van der Waals surface area contributed by atoms with Crippen molar-refractivity contribution in [3.63, 3.8) is 0 Å². The van der Waals surface area contributed by atoms with Crippen molar-refractivity contribution in [2.45, 2.75) is 37.4 Å². The van der Waals surface area contributed by atoms with Gasteiger partial charge in [0.1, 0.15) is 12.4 Å². The minimum Gasteiger partial charge on any atom is -0.493 e. The Kier molecular flexibility index (Phi) is 5.90. The molecule has 2 aromatic carbocycles. The van der Waals surface area contributed by atoms with Crippen LogP contribution in [0.3, 0.4) is 0 Å². The highest BCUT2D eigenvalue weighted by atomic mass is 32.2. The van der Waals surface area contributed by atoms with Gasteiger partial charge in [0.05, 0.1) is 6.61 Å². The molecule has 1 aromatic heterocycles. The van der Waals surface area contributed by atoms with E-state index in [1.165, 1.54) is 5.56 Å². The summed E-state index contributed by atoms with van der Waals surface area (Å²) < 4.78 is 19.7. The molecule has 0 amide bonds. The molecule has 3 aromatic rings. The van der Waals surface area contributed by atoms with E-state index in [9.17, 15) is 0 Å². The van der Waals surface area contributed by atoms with Crippen molar-refractivity contribution in [2.75, 3.05) is 19.0 Å². The summed E-state index contributed by atoms with van der Waals surface area (Å²) in [4.78, 5) is 0. The maximum Gasteiger partial charge on any atom is 0.192 e. The van der Waals surface area contributed by atoms with Crippen LogP contribution in [0.5, 0.6) is 17.2 Å².